The third kappa shape index (κ3) is 6.46. The SMILES string of the molecule is C=COCCN(CC[C@H](Br)c1ccc(F)cc1)Cc1ccccc1. The molecule has 24 heavy (non-hydrogen) atoms. The zero-order valence-corrected chi connectivity index (χ0v) is 15.3. The van der Waals surface area contributed by atoms with Gasteiger partial charge in [0.15, 0.2) is 0 Å². The second-order valence-electron chi connectivity index (χ2n) is 5.61. The minimum Gasteiger partial charge on any atom is -0.500 e. The maximum atomic E-state index is 13.0. The van der Waals surface area contributed by atoms with E-state index in [-0.39, 0.29) is 10.6 Å². The van der Waals surface area contributed by atoms with Gasteiger partial charge in [0.25, 0.3) is 0 Å². The fourth-order valence-electron chi connectivity index (χ4n) is 2.51. The summed E-state index contributed by atoms with van der Waals surface area (Å²) in [6.07, 6.45) is 2.42. The van der Waals surface area contributed by atoms with E-state index in [4.69, 9.17) is 4.74 Å². The largest absolute Gasteiger partial charge is 0.500 e. The van der Waals surface area contributed by atoms with Crippen molar-refractivity contribution in [2.75, 3.05) is 19.7 Å². The quantitative estimate of drug-likeness (QED) is 0.309. The highest BCUT2D eigenvalue weighted by Gasteiger charge is 2.12. The van der Waals surface area contributed by atoms with Crippen molar-refractivity contribution in [3.05, 3.63) is 84.4 Å². The van der Waals surface area contributed by atoms with Crippen LogP contribution < -0.4 is 0 Å². The molecule has 0 fully saturated rings. The monoisotopic (exact) mass is 391 g/mol. The Morgan fingerprint density at radius 3 is 2.46 bits per heavy atom. The Kier molecular flexibility index (Phi) is 7.99. The highest BCUT2D eigenvalue weighted by atomic mass is 79.9. The van der Waals surface area contributed by atoms with Crippen LogP contribution in [0.15, 0.2) is 67.4 Å². The molecule has 0 heterocycles. The minimum absolute atomic E-state index is 0.203. The maximum Gasteiger partial charge on any atom is 0.123 e. The zero-order chi connectivity index (χ0) is 17.2. The van der Waals surface area contributed by atoms with Crippen LogP contribution in [0.5, 0.6) is 0 Å². The predicted octanol–water partition coefficient (Wildman–Crippen LogP) is 5.31. The van der Waals surface area contributed by atoms with Crippen molar-refractivity contribution in [1.82, 2.24) is 4.90 Å². The first-order valence-corrected chi connectivity index (χ1v) is 8.99. The molecule has 0 radical (unpaired) electrons. The molecule has 0 aliphatic rings. The van der Waals surface area contributed by atoms with E-state index >= 15 is 0 Å². The molecule has 0 aliphatic carbocycles. The van der Waals surface area contributed by atoms with Gasteiger partial charge in [0.2, 0.25) is 0 Å². The fraction of sp³-hybridized carbons (Fsp3) is 0.300. The second-order valence-corrected chi connectivity index (χ2v) is 6.71. The molecule has 0 bridgehead atoms. The topological polar surface area (TPSA) is 12.5 Å². The summed E-state index contributed by atoms with van der Waals surface area (Å²) in [5.41, 5.74) is 2.38. The fourth-order valence-corrected chi connectivity index (χ4v) is 3.02. The van der Waals surface area contributed by atoms with Gasteiger partial charge in [0.05, 0.1) is 12.9 Å². The van der Waals surface area contributed by atoms with Gasteiger partial charge in [-0.15, -0.1) is 0 Å². The molecular formula is C20H23BrFNO. The van der Waals surface area contributed by atoms with Gasteiger partial charge < -0.3 is 4.74 Å². The number of hydrogen-bond acceptors (Lipinski definition) is 2. The lowest BCUT2D eigenvalue weighted by Crippen LogP contribution is -2.28. The average Bonchev–Trinajstić information content (AvgIpc) is 2.61. The molecule has 0 aliphatic heterocycles. The van der Waals surface area contributed by atoms with Crippen LogP contribution in [-0.2, 0) is 11.3 Å². The summed E-state index contributed by atoms with van der Waals surface area (Å²) in [6, 6.07) is 17.1. The van der Waals surface area contributed by atoms with E-state index in [1.807, 2.05) is 18.2 Å². The van der Waals surface area contributed by atoms with Crippen LogP contribution in [0.3, 0.4) is 0 Å². The standard InChI is InChI=1S/C20H23BrFNO/c1-2-24-15-14-23(16-17-6-4-3-5-7-17)13-12-20(21)18-8-10-19(22)11-9-18/h2-11,20H,1,12-16H2/t20-/m0/s1. The Morgan fingerprint density at radius 1 is 1.08 bits per heavy atom. The van der Waals surface area contributed by atoms with Crippen LogP contribution in [-0.4, -0.2) is 24.6 Å². The third-order valence-electron chi connectivity index (χ3n) is 3.82. The molecular weight excluding hydrogens is 369 g/mol. The van der Waals surface area contributed by atoms with E-state index in [0.29, 0.717) is 6.61 Å². The lowest BCUT2D eigenvalue weighted by molar-refractivity contribution is 0.171. The van der Waals surface area contributed by atoms with E-state index in [0.717, 1.165) is 31.6 Å². The van der Waals surface area contributed by atoms with Crippen LogP contribution in [0.1, 0.15) is 22.4 Å². The maximum absolute atomic E-state index is 13.0. The average molecular weight is 392 g/mol. The van der Waals surface area contributed by atoms with Crippen molar-refractivity contribution < 1.29 is 9.13 Å². The molecule has 0 spiro atoms. The molecule has 0 saturated heterocycles. The van der Waals surface area contributed by atoms with Gasteiger partial charge >= 0.3 is 0 Å². The summed E-state index contributed by atoms with van der Waals surface area (Å²) in [7, 11) is 0. The molecule has 2 aromatic carbocycles. The molecule has 2 rings (SSSR count). The Labute approximate surface area is 152 Å². The van der Waals surface area contributed by atoms with Gasteiger partial charge in [-0.2, -0.15) is 0 Å². The number of hydrogen-bond donors (Lipinski definition) is 0. The Bertz CT molecular complexity index is 603. The van der Waals surface area contributed by atoms with E-state index in [1.54, 1.807) is 0 Å². The summed E-state index contributed by atoms with van der Waals surface area (Å²) in [4.78, 5) is 2.56. The van der Waals surface area contributed by atoms with Crippen molar-refractivity contribution >= 4 is 15.9 Å². The van der Waals surface area contributed by atoms with Gasteiger partial charge in [0.1, 0.15) is 5.82 Å². The van der Waals surface area contributed by atoms with E-state index in [9.17, 15) is 4.39 Å². The van der Waals surface area contributed by atoms with Crippen LogP contribution in [0, 0.1) is 5.82 Å². The number of rotatable bonds is 10. The highest BCUT2D eigenvalue weighted by Crippen LogP contribution is 2.27. The van der Waals surface area contributed by atoms with Crippen LogP contribution in [0.2, 0.25) is 0 Å². The summed E-state index contributed by atoms with van der Waals surface area (Å²) in [5.74, 6) is -0.203. The molecule has 0 aromatic heterocycles. The van der Waals surface area contributed by atoms with E-state index < -0.39 is 0 Å². The summed E-state index contributed by atoms with van der Waals surface area (Å²) < 4.78 is 18.3. The predicted molar refractivity (Wildman–Crippen MR) is 101 cm³/mol. The van der Waals surface area contributed by atoms with E-state index in [1.165, 1.54) is 24.0 Å². The number of halogens is 2. The highest BCUT2D eigenvalue weighted by molar-refractivity contribution is 9.09. The Balaban J connectivity index is 1.91. The lowest BCUT2D eigenvalue weighted by Gasteiger charge is -2.23. The smallest absolute Gasteiger partial charge is 0.123 e. The Morgan fingerprint density at radius 2 is 1.79 bits per heavy atom. The zero-order valence-electron chi connectivity index (χ0n) is 13.7. The van der Waals surface area contributed by atoms with Crippen molar-refractivity contribution in [1.29, 1.82) is 0 Å². The minimum atomic E-state index is -0.203. The number of ether oxygens (including phenoxy) is 1. The molecule has 128 valence electrons. The Hall–Kier alpha value is -1.65. The molecule has 4 heteroatoms. The molecule has 0 N–H and O–H groups in total. The number of benzene rings is 2. The molecule has 1 atom stereocenters. The van der Waals surface area contributed by atoms with Crippen molar-refractivity contribution in [3.63, 3.8) is 0 Å². The number of alkyl halides is 1. The first-order valence-electron chi connectivity index (χ1n) is 8.07. The molecule has 0 unspecified atom stereocenters. The summed E-state index contributed by atoms with van der Waals surface area (Å²) in [6.45, 7) is 6.84. The lowest BCUT2D eigenvalue weighted by atomic mass is 10.1. The van der Waals surface area contributed by atoms with Crippen molar-refractivity contribution in [2.24, 2.45) is 0 Å². The number of nitrogens with zero attached hydrogens (tertiary/aromatic N) is 1. The van der Waals surface area contributed by atoms with Crippen molar-refractivity contribution in [2.45, 2.75) is 17.8 Å². The van der Waals surface area contributed by atoms with Gasteiger partial charge in [-0.25, -0.2) is 4.39 Å². The molecule has 0 saturated carbocycles. The van der Waals surface area contributed by atoms with Gasteiger partial charge in [-0.05, 0) is 29.7 Å². The van der Waals surface area contributed by atoms with Crippen molar-refractivity contribution in [3.8, 4) is 0 Å². The first-order chi connectivity index (χ1) is 11.7. The van der Waals surface area contributed by atoms with Crippen LogP contribution in [0.25, 0.3) is 0 Å². The van der Waals surface area contributed by atoms with Crippen LogP contribution >= 0.6 is 15.9 Å². The van der Waals surface area contributed by atoms with Gasteiger partial charge in [-0.1, -0.05) is 65.0 Å². The van der Waals surface area contributed by atoms with Gasteiger partial charge in [0, 0.05) is 24.5 Å². The van der Waals surface area contributed by atoms with Crippen LogP contribution in [0.4, 0.5) is 4.39 Å². The van der Waals surface area contributed by atoms with Gasteiger partial charge in [-0.3, -0.25) is 4.90 Å². The first kappa shape index (κ1) is 18.7. The van der Waals surface area contributed by atoms with E-state index in [2.05, 4.69) is 51.7 Å². The molecule has 0 amide bonds. The second kappa shape index (κ2) is 10.3. The summed E-state index contributed by atoms with van der Waals surface area (Å²) >= 11 is 3.71. The third-order valence-corrected chi connectivity index (χ3v) is 4.81. The molecule has 2 aromatic rings. The molecule has 2 nitrogen and oxygen atoms in total. The normalized spacial score (nSPS) is 12.1. The summed E-state index contributed by atoms with van der Waals surface area (Å²) in [5, 5.41) is 0.